The highest BCUT2D eigenvalue weighted by molar-refractivity contribution is 5.96. The first-order valence-corrected chi connectivity index (χ1v) is 22.1. The molecule has 5 N–H and O–H groups in total. The Morgan fingerprint density at radius 3 is 2.01 bits per heavy atom. The van der Waals surface area contributed by atoms with Crippen LogP contribution in [-0.4, -0.2) is 118 Å². The first-order chi connectivity index (χ1) is 31.7. The summed E-state index contributed by atoms with van der Waals surface area (Å²) >= 11 is 0. The number of amides is 2. The van der Waals surface area contributed by atoms with Gasteiger partial charge in [0.25, 0.3) is 5.91 Å². The van der Waals surface area contributed by atoms with E-state index in [1.165, 1.54) is 46.9 Å². The topological polar surface area (TPSA) is 250 Å². The van der Waals surface area contributed by atoms with Gasteiger partial charge in [-0.05, 0) is 54.8 Å². The molecular weight excluding hydrogens is 869 g/mol. The number of benzene rings is 3. The molecule has 17 heteroatoms. The predicted octanol–water partition coefficient (Wildman–Crippen LogP) is 3.24. The maximum atomic E-state index is 15.8. The molecule has 2 saturated carbocycles. The van der Waals surface area contributed by atoms with Crippen molar-refractivity contribution in [2.75, 3.05) is 13.7 Å². The second kappa shape index (κ2) is 18.8. The maximum absolute atomic E-state index is 15.8. The largest absolute Gasteiger partial charge is 0.456 e. The molecule has 0 aromatic heterocycles. The zero-order chi connectivity index (χ0) is 48.6. The standard InChI is InChI=1S/C50H56N2O15/c1-27-32(64-46(61)39(57)38(29-16-10-7-11-17-29)52-44(59)30-18-12-8-13-19-30)25-50(62)43(66-45(60)31-20-14-9-15-21-31)41-48(5,33(54)24-34-49(41,26-63-34)67-28(2)53)42(58)40(37(27)47(50,3)4)65-36(56)23-22-35(55)51-6/h7-21,32-34,38-41,43,54,57,62H,22-26H2,1-6H3,(H,51,55)(H,52,59)/t32-,33-,34+,38-,39+,40+,41-,43-,48+,49-,50+/m0/s1. The van der Waals surface area contributed by atoms with Crippen LogP contribution >= 0.6 is 0 Å². The molecule has 3 aromatic rings. The van der Waals surface area contributed by atoms with Gasteiger partial charge in [0.1, 0.15) is 23.9 Å². The molecule has 3 fully saturated rings. The highest BCUT2D eigenvalue weighted by Crippen LogP contribution is 2.64. The van der Waals surface area contributed by atoms with Crippen molar-refractivity contribution in [1.29, 1.82) is 0 Å². The number of carbonyl (C=O) groups is 7. The van der Waals surface area contributed by atoms with E-state index in [1.807, 2.05) is 0 Å². The lowest BCUT2D eigenvalue weighted by Crippen LogP contribution is -2.82. The number of hydrogen-bond acceptors (Lipinski definition) is 15. The van der Waals surface area contributed by atoms with Crippen LogP contribution in [0.15, 0.2) is 102 Å². The summed E-state index contributed by atoms with van der Waals surface area (Å²) in [5.74, 6) is -7.72. The van der Waals surface area contributed by atoms with E-state index in [4.69, 9.17) is 23.7 Å². The Balaban J connectivity index is 1.40. The van der Waals surface area contributed by atoms with Crippen molar-refractivity contribution >= 4 is 41.5 Å². The molecule has 0 radical (unpaired) electrons. The summed E-state index contributed by atoms with van der Waals surface area (Å²) in [7, 11) is 1.38. The van der Waals surface area contributed by atoms with Crippen LogP contribution in [0.3, 0.4) is 0 Å². The van der Waals surface area contributed by atoms with Crippen molar-refractivity contribution in [2.24, 2.45) is 16.7 Å². The Labute approximate surface area is 387 Å². The average molecular weight is 925 g/mol. The number of ketones is 1. The highest BCUT2D eigenvalue weighted by atomic mass is 16.6. The molecule has 3 aliphatic carbocycles. The van der Waals surface area contributed by atoms with Crippen molar-refractivity contribution in [3.8, 4) is 0 Å². The Morgan fingerprint density at radius 1 is 0.851 bits per heavy atom. The smallest absolute Gasteiger partial charge is 0.338 e. The minimum atomic E-state index is -2.47. The lowest BCUT2D eigenvalue weighted by atomic mass is 9.44. The fourth-order valence-electron chi connectivity index (χ4n) is 10.5. The summed E-state index contributed by atoms with van der Waals surface area (Å²) in [6.45, 7) is 6.69. The van der Waals surface area contributed by atoms with Gasteiger partial charge in [0.15, 0.2) is 23.6 Å². The Morgan fingerprint density at radius 2 is 1.45 bits per heavy atom. The van der Waals surface area contributed by atoms with Crippen LogP contribution < -0.4 is 10.6 Å². The van der Waals surface area contributed by atoms with E-state index >= 15 is 4.79 Å². The number of ether oxygens (including phenoxy) is 5. The molecule has 356 valence electrons. The van der Waals surface area contributed by atoms with Gasteiger partial charge >= 0.3 is 23.9 Å². The molecule has 1 heterocycles. The van der Waals surface area contributed by atoms with E-state index in [2.05, 4.69) is 10.6 Å². The maximum Gasteiger partial charge on any atom is 0.338 e. The van der Waals surface area contributed by atoms with Crippen molar-refractivity contribution in [2.45, 2.75) is 114 Å². The molecule has 17 nitrogen and oxygen atoms in total. The van der Waals surface area contributed by atoms with E-state index in [-0.39, 0.29) is 41.7 Å². The van der Waals surface area contributed by atoms with Gasteiger partial charge in [0, 0.05) is 44.2 Å². The van der Waals surface area contributed by atoms with Crippen LogP contribution in [0.2, 0.25) is 0 Å². The Kier molecular flexibility index (Phi) is 13.6. The molecule has 1 saturated heterocycles. The van der Waals surface area contributed by atoms with E-state index in [9.17, 15) is 44.1 Å². The number of aliphatic hydroxyl groups excluding tert-OH is 2. The van der Waals surface area contributed by atoms with Gasteiger partial charge in [0.05, 0.1) is 42.1 Å². The fourth-order valence-corrected chi connectivity index (χ4v) is 10.5. The van der Waals surface area contributed by atoms with Gasteiger partial charge in [-0.1, -0.05) is 80.6 Å². The molecule has 2 bridgehead atoms. The molecule has 0 spiro atoms. The molecular formula is C50H56N2O15. The number of fused-ring (bicyclic) bond motifs is 5. The molecule has 67 heavy (non-hydrogen) atoms. The van der Waals surface area contributed by atoms with Crippen LogP contribution in [0.1, 0.15) is 92.6 Å². The van der Waals surface area contributed by atoms with Gasteiger partial charge < -0.3 is 49.6 Å². The molecule has 1 aliphatic heterocycles. The lowest BCUT2D eigenvalue weighted by Gasteiger charge is -2.67. The second-order valence-corrected chi connectivity index (χ2v) is 18.4. The molecule has 4 aliphatic rings. The number of esters is 4. The summed E-state index contributed by atoms with van der Waals surface area (Å²) in [5, 5.41) is 43.1. The number of nitrogens with one attached hydrogen (secondary N) is 2. The summed E-state index contributed by atoms with van der Waals surface area (Å²) in [4.78, 5) is 97.3. The zero-order valence-corrected chi connectivity index (χ0v) is 38.1. The van der Waals surface area contributed by atoms with Gasteiger partial charge in [-0.25, -0.2) is 9.59 Å². The molecule has 3 aromatic carbocycles. The van der Waals surface area contributed by atoms with E-state index in [0.717, 1.165) is 6.92 Å². The third-order valence-corrected chi connectivity index (χ3v) is 14.3. The molecule has 2 amide bonds. The van der Waals surface area contributed by atoms with Crippen LogP contribution in [0.4, 0.5) is 0 Å². The Hall–Kier alpha value is -6.27. The Bertz CT molecular complexity index is 2440. The van der Waals surface area contributed by atoms with Crippen molar-refractivity contribution in [3.63, 3.8) is 0 Å². The number of aliphatic hydroxyl groups is 3. The summed E-state index contributed by atoms with van der Waals surface area (Å²) in [6, 6.07) is 22.7. The molecule has 0 unspecified atom stereocenters. The summed E-state index contributed by atoms with van der Waals surface area (Å²) < 4.78 is 30.6. The third-order valence-electron chi connectivity index (χ3n) is 14.3. The quantitative estimate of drug-likeness (QED) is 0.0938. The third kappa shape index (κ3) is 8.65. The van der Waals surface area contributed by atoms with Crippen molar-refractivity contribution < 1.29 is 72.6 Å². The van der Waals surface area contributed by atoms with Crippen LogP contribution in [0, 0.1) is 16.7 Å². The van der Waals surface area contributed by atoms with Crippen LogP contribution in [-0.2, 0) is 47.7 Å². The average Bonchev–Trinajstić information content (AvgIpc) is 3.31. The van der Waals surface area contributed by atoms with Crippen LogP contribution in [0.25, 0.3) is 0 Å². The van der Waals surface area contributed by atoms with Gasteiger partial charge in [-0.15, -0.1) is 0 Å². The number of carbonyl (C=O) groups excluding carboxylic acids is 7. The highest BCUT2D eigenvalue weighted by Gasteiger charge is 2.78. The fraction of sp³-hybridized carbons (Fsp3) is 0.460. The monoisotopic (exact) mass is 924 g/mol. The van der Waals surface area contributed by atoms with E-state index < -0.39 is 125 Å². The van der Waals surface area contributed by atoms with E-state index in [0.29, 0.717) is 5.56 Å². The number of hydrogen-bond donors (Lipinski definition) is 5. The SMILES string of the molecule is CNC(=O)CCC(=O)O[C@H]1C(=O)[C@@]2(C)[C@H]([C@H](OC(=O)c3ccccc3)[C@]3(O)C[C@H](OC(=O)[C@H](O)[C@@H](NC(=O)c4ccccc4)c4ccccc4)C(C)=C1C3(C)C)[C@]1(OC(C)=O)CO[C@@H]1C[C@@H]2O. The van der Waals surface area contributed by atoms with Crippen molar-refractivity contribution in [1.82, 2.24) is 10.6 Å². The number of Topliss-reactive ketones (excluding diaryl/α,β-unsaturated/α-hetero) is 1. The van der Waals surface area contributed by atoms with Crippen molar-refractivity contribution in [3.05, 3.63) is 119 Å². The molecule has 7 rings (SSSR count). The van der Waals surface area contributed by atoms with E-state index in [1.54, 1.807) is 78.9 Å². The van der Waals surface area contributed by atoms with Gasteiger partial charge in [0.2, 0.25) is 5.91 Å². The van der Waals surface area contributed by atoms with Gasteiger partial charge in [-0.2, -0.15) is 0 Å². The van der Waals surface area contributed by atoms with Crippen LogP contribution in [0.5, 0.6) is 0 Å². The minimum Gasteiger partial charge on any atom is -0.456 e. The normalized spacial score (nSPS) is 30.3. The minimum absolute atomic E-state index is 0.0413. The first kappa shape index (κ1) is 48.7. The summed E-state index contributed by atoms with van der Waals surface area (Å²) in [5.41, 5.74) is -7.55. The zero-order valence-electron chi connectivity index (χ0n) is 38.1. The predicted molar refractivity (Wildman–Crippen MR) is 235 cm³/mol. The number of rotatable bonds is 13. The molecule has 11 atom stereocenters. The van der Waals surface area contributed by atoms with Gasteiger partial charge in [-0.3, -0.25) is 24.0 Å². The second-order valence-electron chi connectivity index (χ2n) is 18.4. The lowest BCUT2D eigenvalue weighted by molar-refractivity contribution is -0.346. The summed E-state index contributed by atoms with van der Waals surface area (Å²) in [6.07, 6.45) is -11.9. The first-order valence-electron chi connectivity index (χ1n) is 22.1.